The predicted molar refractivity (Wildman–Crippen MR) is 153 cm³/mol. The van der Waals surface area contributed by atoms with Crippen LogP contribution in [-0.4, -0.2) is 25.9 Å². The second-order valence-corrected chi connectivity index (χ2v) is 11.6. The summed E-state index contributed by atoms with van der Waals surface area (Å²) in [7, 11) is 3.14. The Labute approximate surface area is 231 Å². The van der Waals surface area contributed by atoms with E-state index < -0.39 is 5.91 Å². The minimum absolute atomic E-state index is 0.0217. The third-order valence-corrected chi connectivity index (χ3v) is 8.01. The standard InChI is InChI=1S/C33H39NO5/c1-9-10-25(21-11-12-26(37-7)29(18-21)38-8)34-31(36)28-14-13-27(39-28)30(35)22-19-24-23(17-20(22)2)32(3,4)15-16-33(24,5)6/h9,11-14,17-19,25H,1,10,15-16H2,2-8H3,(H,34,36). The monoisotopic (exact) mass is 529 g/mol. The third kappa shape index (κ3) is 5.51. The number of ketones is 1. The highest BCUT2D eigenvalue weighted by Gasteiger charge is 2.38. The fourth-order valence-electron chi connectivity index (χ4n) is 5.43. The molecule has 1 unspecified atom stereocenters. The Hall–Kier alpha value is -3.80. The zero-order valence-electron chi connectivity index (χ0n) is 24.1. The molecule has 1 aromatic heterocycles. The van der Waals surface area contributed by atoms with Crippen LogP contribution < -0.4 is 14.8 Å². The fraction of sp³-hybridized carbons (Fsp3) is 0.394. The first-order valence-electron chi connectivity index (χ1n) is 13.4. The van der Waals surface area contributed by atoms with Crippen LogP contribution in [0.1, 0.15) is 102 Å². The number of hydrogen-bond acceptors (Lipinski definition) is 5. The third-order valence-electron chi connectivity index (χ3n) is 8.01. The van der Waals surface area contributed by atoms with Crippen LogP contribution in [0, 0.1) is 6.92 Å². The van der Waals surface area contributed by atoms with E-state index in [4.69, 9.17) is 13.9 Å². The van der Waals surface area contributed by atoms with E-state index in [0.717, 1.165) is 24.0 Å². The van der Waals surface area contributed by atoms with E-state index in [1.165, 1.54) is 11.1 Å². The summed E-state index contributed by atoms with van der Waals surface area (Å²) in [6.07, 6.45) is 4.39. The topological polar surface area (TPSA) is 77.8 Å². The fourth-order valence-corrected chi connectivity index (χ4v) is 5.43. The van der Waals surface area contributed by atoms with E-state index in [-0.39, 0.29) is 34.2 Å². The summed E-state index contributed by atoms with van der Waals surface area (Å²) >= 11 is 0. The summed E-state index contributed by atoms with van der Waals surface area (Å²) in [5.74, 6) is 0.740. The van der Waals surface area contributed by atoms with Crippen LogP contribution in [-0.2, 0) is 10.8 Å². The van der Waals surface area contributed by atoms with Crippen LogP contribution in [0.2, 0.25) is 0 Å². The van der Waals surface area contributed by atoms with E-state index in [0.29, 0.717) is 23.5 Å². The molecule has 0 radical (unpaired) electrons. The minimum atomic E-state index is -0.416. The largest absolute Gasteiger partial charge is 0.493 e. The average Bonchev–Trinajstić information content (AvgIpc) is 3.41. The number of benzene rings is 2. The van der Waals surface area contributed by atoms with Crippen molar-refractivity contribution in [3.63, 3.8) is 0 Å². The molecule has 1 N–H and O–H groups in total. The highest BCUT2D eigenvalue weighted by Crippen LogP contribution is 2.46. The maximum Gasteiger partial charge on any atom is 0.287 e. The van der Waals surface area contributed by atoms with Crippen molar-refractivity contribution < 1.29 is 23.5 Å². The maximum atomic E-state index is 13.6. The van der Waals surface area contributed by atoms with Crippen LogP contribution in [0.25, 0.3) is 0 Å². The van der Waals surface area contributed by atoms with Gasteiger partial charge in [0.1, 0.15) is 0 Å². The average molecular weight is 530 g/mol. The molecule has 0 spiro atoms. The number of ether oxygens (including phenoxy) is 2. The van der Waals surface area contributed by atoms with E-state index in [2.05, 4.69) is 45.7 Å². The van der Waals surface area contributed by atoms with Gasteiger partial charge in [0.25, 0.3) is 5.91 Å². The molecular formula is C33H39NO5. The lowest BCUT2D eigenvalue weighted by Gasteiger charge is -2.42. The molecule has 39 heavy (non-hydrogen) atoms. The quantitative estimate of drug-likeness (QED) is 0.234. The Morgan fingerprint density at radius 3 is 2.18 bits per heavy atom. The van der Waals surface area contributed by atoms with Gasteiger partial charge in [0, 0.05) is 5.56 Å². The predicted octanol–water partition coefficient (Wildman–Crippen LogP) is 7.23. The number of rotatable bonds is 9. The van der Waals surface area contributed by atoms with Gasteiger partial charge in [-0.3, -0.25) is 9.59 Å². The molecule has 0 saturated carbocycles. The van der Waals surface area contributed by atoms with Gasteiger partial charge >= 0.3 is 0 Å². The molecule has 6 nitrogen and oxygen atoms in total. The van der Waals surface area contributed by atoms with Gasteiger partial charge in [-0.1, -0.05) is 45.9 Å². The van der Waals surface area contributed by atoms with Crippen molar-refractivity contribution in [1.29, 1.82) is 0 Å². The lowest BCUT2D eigenvalue weighted by atomic mass is 9.62. The van der Waals surface area contributed by atoms with Gasteiger partial charge < -0.3 is 19.2 Å². The van der Waals surface area contributed by atoms with Crippen molar-refractivity contribution >= 4 is 11.7 Å². The van der Waals surface area contributed by atoms with Crippen molar-refractivity contribution in [3.8, 4) is 11.5 Å². The molecule has 1 atom stereocenters. The van der Waals surface area contributed by atoms with Gasteiger partial charge in [0.2, 0.25) is 5.78 Å². The Kier molecular flexibility index (Phi) is 7.78. The number of carbonyl (C=O) groups excluding carboxylic acids is 2. The molecule has 1 amide bonds. The Bertz CT molecular complexity index is 1410. The number of fused-ring (bicyclic) bond motifs is 1. The molecular weight excluding hydrogens is 490 g/mol. The Morgan fingerprint density at radius 2 is 1.56 bits per heavy atom. The first-order chi connectivity index (χ1) is 18.4. The number of hydrogen-bond donors (Lipinski definition) is 1. The molecule has 0 aliphatic heterocycles. The van der Waals surface area contributed by atoms with Gasteiger partial charge in [0.15, 0.2) is 23.0 Å². The number of carbonyl (C=O) groups is 2. The lowest BCUT2D eigenvalue weighted by molar-refractivity contribution is 0.0903. The molecule has 206 valence electrons. The van der Waals surface area contributed by atoms with Crippen LogP contribution in [0.15, 0.2) is 59.5 Å². The Morgan fingerprint density at radius 1 is 0.949 bits per heavy atom. The molecule has 2 aromatic carbocycles. The number of nitrogens with one attached hydrogen (secondary N) is 1. The van der Waals surface area contributed by atoms with E-state index in [9.17, 15) is 9.59 Å². The minimum Gasteiger partial charge on any atom is -0.493 e. The second-order valence-electron chi connectivity index (χ2n) is 11.6. The van der Waals surface area contributed by atoms with Gasteiger partial charge in [-0.25, -0.2) is 0 Å². The van der Waals surface area contributed by atoms with Gasteiger partial charge in [-0.05, 0) is 89.6 Å². The van der Waals surface area contributed by atoms with Gasteiger partial charge in [-0.15, -0.1) is 6.58 Å². The van der Waals surface area contributed by atoms with E-state index >= 15 is 0 Å². The number of aryl methyl sites for hydroxylation is 1. The first-order valence-corrected chi connectivity index (χ1v) is 13.4. The summed E-state index contributed by atoms with van der Waals surface area (Å²) in [6, 6.07) is 12.4. The van der Waals surface area contributed by atoms with Crippen LogP contribution >= 0.6 is 0 Å². The van der Waals surface area contributed by atoms with Crippen LogP contribution in [0.5, 0.6) is 11.5 Å². The number of amides is 1. The number of methoxy groups -OCH3 is 2. The highest BCUT2D eigenvalue weighted by atomic mass is 16.5. The molecule has 1 aliphatic rings. The van der Waals surface area contributed by atoms with Crippen LogP contribution in [0.3, 0.4) is 0 Å². The molecule has 4 rings (SSSR count). The number of furan rings is 1. The molecule has 0 bridgehead atoms. The highest BCUT2D eigenvalue weighted by molar-refractivity contribution is 6.09. The smallest absolute Gasteiger partial charge is 0.287 e. The molecule has 0 saturated heterocycles. The summed E-state index contributed by atoms with van der Waals surface area (Å²) in [5, 5.41) is 2.99. The summed E-state index contributed by atoms with van der Waals surface area (Å²) in [5.41, 5.74) is 4.89. The second kappa shape index (κ2) is 10.8. The van der Waals surface area contributed by atoms with Crippen molar-refractivity contribution in [2.45, 2.75) is 70.8 Å². The molecule has 0 fully saturated rings. The van der Waals surface area contributed by atoms with Gasteiger partial charge in [-0.2, -0.15) is 0 Å². The lowest BCUT2D eigenvalue weighted by Crippen LogP contribution is -2.34. The molecule has 6 heteroatoms. The zero-order valence-corrected chi connectivity index (χ0v) is 24.1. The van der Waals surface area contributed by atoms with E-state index in [1.807, 2.05) is 25.1 Å². The maximum absolute atomic E-state index is 13.6. The molecule has 1 heterocycles. The normalized spacial score (nSPS) is 16.1. The van der Waals surface area contributed by atoms with Crippen molar-refractivity contribution in [1.82, 2.24) is 5.32 Å². The molecule has 3 aromatic rings. The molecule has 1 aliphatic carbocycles. The summed E-state index contributed by atoms with van der Waals surface area (Å²) in [4.78, 5) is 26.7. The summed E-state index contributed by atoms with van der Waals surface area (Å²) < 4.78 is 16.6. The van der Waals surface area contributed by atoms with E-state index in [1.54, 1.807) is 38.5 Å². The van der Waals surface area contributed by atoms with Crippen LogP contribution in [0.4, 0.5) is 0 Å². The first kappa shape index (κ1) is 28.2. The summed E-state index contributed by atoms with van der Waals surface area (Å²) in [6.45, 7) is 14.8. The van der Waals surface area contributed by atoms with Crippen molar-refractivity contribution in [3.05, 3.63) is 94.5 Å². The SMILES string of the molecule is C=CCC(NC(=O)c1ccc(C(=O)c2cc3c(cc2C)C(C)(C)CCC3(C)C)o1)c1ccc(OC)c(OC)c1. The van der Waals surface area contributed by atoms with Crippen molar-refractivity contribution in [2.24, 2.45) is 0 Å². The zero-order chi connectivity index (χ0) is 28.5. The van der Waals surface area contributed by atoms with Crippen molar-refractivity contribution in [2.75, 3.05) is 14.2 Å². The van der Waals surface area contributed by atoms with Gasteiger partial charge in [0.05, 0.1) is 20.3 Å². The Balaban J connectivity index is 1.59.